The van der Waals surface area contributed by atoms with Crippen molar-refractivity contribution < 1.29 is 4.74 Å². The Kier molecular flexibility index (Phi) is 4.34. The number of anilines is 1. The molecule has 0 aliphatic heterocycles. The van der Waals surface area contributed by atoms with Gasteiger partial charge in [-0.15, -0.1) is 5.92 Å². The van der Waals surface area contributed by atoms with Crippen LogP contribution in [0.25, 0.3) is 0 Å². The number of hydrogen-bond donors (Lipinski definition) is 1. The first-order valence-electron chi connectivity index (χ1n) is 4.25. The van der Waals surface area contributed by atoms with Crippen molar-refractivity contribution in [2.75, 3.05) is 19.0 Å². The molecule has 0 saturated carbocycles. The van der Waals surface area contributed by atoms with Gasteiger partial charge in [0.15, 0.2) is 0 Å². The quantitative estimate of drug-likeness (QED) is 0.837. The van der Waals surface area contributed by atoms with E-state index in [1.165, 1.54) is 0 Å². The molecular formula is C11H12BrNO. The van der Waals surface area contributed by atoms with Crippen LogP contribution < -0.4 is 10.1 Å². The van der Waals surface area contributed by atoms with Gasteiger partial charge in [0, 0.05) is 11.8 Å². The summed E-state index contributed by atoms with van der Waals surface area (Å²) in [6, 6.07) is 5.85. The maximum Gasteiger partial charge on any atom is 0.135 e. The summed E-state index contributed by atoms with van der Waals surface area (Å²) in [5, 5.41) is 3.17. The molecule has 1 aromatic rings. The standard InChI is InChI=1S/C11H12BrNO/c1-3-4-7-13-9-5-6-10(12)11(8-9)14-2/h5-6,8,13H,7H2,1-2H3. The lowest BCUT2D eigenvalue weighted by Gasteiger charge is -2.06. The number of halogens is 1. The largest absolute Gasteiger partial charge is 0.495 e. The average Bonchev–Trinajstić information content (AvgIpc) is 2.21. The van der Waals surface area contributed by atoms with E-state index >= 15 is 0 Å². The van der Waals surface area contributed by atoms with Crippen LogP contribution in [0.3, 0.4) is 0 Å². The number of methoxy groups -OCH3 is 1. The van der Waals surface area contributed by atoms with Crippen LogP contribution in [0.4, 0.5) is 5.69 Å². The zero-order valence-corrected chi connectivity index (χ0v) is 9.81. The van der Waals surface area contributed by atoms with Gasteiger partial charge < -0.3 is 10.1 Å². The Morgan fingerprint density at radius 1 is 1.50 bits per heavy atom. The van der Waals surface area contributed by atoms with Crippen LogP contribution in [0, 0.1) is 11.8 Å². The van der Waals surface area contributed by atoms with E-state index in [1.54, 1.807) is 7.11 Å². The van der Waals surface area contributed by atoms with Crippen LogP contribution in [0.15, 0.2) is 22.7 Å². The number of ether oxygens (including phenoxy) is 1. The van der Waals surface area contributed by atoms with E-state index in [9.17, 15) is 0 Å². The molecule has 0 atom stereocenters. The summed E-state index contributed by atoms with van der Waals surface area (Å²) in [4.78, 5) is 0. The fraction of sp³-hybridized carbons (Fsp3) is 0.273. The Morgan fingerprint density at radius 3 is 2.93 bits per heavy atom. The molecule has 0 saturated heterocycles. The molecule has 0 aromatic heterocycles. The molecule has 0 spiro atoms. The fourth-order valence-electron chi connectivity index (χ4n) is 1.00. The molecule has 0 unspecified atom stereocenters. The highest BCUT2D eigenvalue weighted by Gasteiger charge is 1.99. The molecule has 3 heteroatoms. The molecule has 1 rings (SSSR count). The molecule has 0 heterocycles. The van der Waals surface area contributed by atoms with Crippen LogP contribution in [0.2, 0.25) is 0 Å². The summed E-state index contributed by atoms with van der Waals surface area (Å²) < 4.78 is 6.12. The van der Waals surface area contributed by atoms with Crippen molar-refractivity contribution in [3.63, 3.8) is 0 Å². The van der Waals surface area contributed by atoms with Gasteiger partial charge in [-0.3, -0.25) is 0 Å². The van der Waals surface area contributed by atoms with Gasteiger partial charge in [-0.1, -0.05) is 5.92 Å². The molecular weight excluding hydrogens is 242 g/mol. The lowest BCUT2D eigenvalue weighted by atomic mass is 10.3. The second-order valence-electron chi connectivity index (χ2n) is 2.63. The normalized spacial score (nSPS) is 8.79. The Labute approximate surface area is 92.8 Å². The molecule has 1 aromatic carbocycles. The number of nitrogens with one attached hydrogen (secondary N) is 1. The molecule has 14 heavy (non-hydrogen) atoms. The van der Waals surface area contributed by atoms with Crippen LogP contribution in [0.5, 0.6) is 5.75 Å². The van der Waals surface area contributed by atoms with Gasteiger partial charge in [0.1, 0.15) is 5.75 Å². The van der Waals surface area contributed by atoms with Crippen LogP contribution in [-0.4, -0.2) is 13.7 Å². The van der Waals surface area contributed by atoms with Crippen molar-refractivity contribution in [2.45, 2.75) is 6.92 Å². The number of rotatable bonds is 3. The van der Waals surface area contributed by atoms with Crippen molar-refractivity contribution >= 4 is 21.6 Å². The highest BCUT2D eigenvalue weighted by Crippen LogP contribution is 2.27. The monoisotopic (exact) mass is 253 g/mol. The van der Waals surface area contributed by atoms with Crippen molar-refractivity contribution in [1.82, 2.24) is 0 Å². The van der Waals surface area contributed by atoms with Gasteiger partial charge in [-0.25, -0.2) is 0 Å². The maximum absolute atomic E-state index is 5.17. The summed E-state index contributed by atoms with van der Waals surface area (Å²) in [6.45, 7) is 2.48. The summed E-state index contributed by atoms with van der Waals surface area (Å²) in [6.07, 6.45) is 0. The SMILES string of the molecule is CC#CCNc1ccc(Br)c(OC)c1. The lowest BCUT2D eigenvalue weighted by molar-refractivity contribution is 0.412. The highest BCUT2D eigenvalue weighted by atomic mass is 79.9. The van der Waals surface area contributed by atoms with Crippen LogP contribution >= 0.6 is 15.9 Å². The smallest absolute Gasteiger partial charge is 0.135 e. The Bertz CT molecular complexity index is 365. The minimum Gasteiger partial charge on any atom is -0.495 e. The Morgan fingerprint density at radius 2 is 2.29 bits per heavy atom. The molecule has 0 radical (unpaired) electrons. The second kappa shape index (κ2) is 5.56. The van der Waals surface area contributed by atoms with Crippen LogP contribution in [0.1, 0.15) is 6.92 Å². The summed E-state index contributed by atoms with van der Waals surface area (Å²) in [7, 11) is 1.65. The van der Waals surface area contributed by atoms with Gasteiger partial charge in [0.25, 0.3) is 0 Å². The van der Waals surface area contributed by atoms with E-state index in [4.69, 9.17) is 4.74 Å². The minimum atomic E-state index is 0.654. The molecule has 0 fully saturated rings. The first-order valence-corrected chi connectivity index (χ1v) is 5.04. The predicted molar refractivity (Wildman–Crippen MR) is 62.6 cm³/mol. The van der Waals surface area contributed by atoms with E-state index in [-0.39, 0.29) is 0 Å². The Hall–Kier alpha value is -1.14. The highest BCUT2D eigenvalue weighted by molar-refractivity contribution is 9.10. The van der Waals surface area contributed by atoms with Crippen molar-refractivity contribution in [1.29, 1.82) is 0 Å². The van der Waals surface area contributed by atoms with Crippen molar-refractivity contribution in [3.8, 4) is 17.6 Å². The van der Waals surface area contributed by atoms with E-state index < -0.39 is 0 Å². The second-order valence-corrected chi connectivity index (χ2v) is 3.48. The van der Waals surface area contributed by atoms with Gasteiger partial charge in [0.2, 0.25) is 0 Å². The van der Waals surface area contributed by atoms with Crippen molar-refractivity contribution in [2.24, 2.45) is 0 Å². The first-order chi connectivity index (χ1) is 6.77. The predicted octanol–water partition coefficient (Wildman–Crippen LogP) is 2.89. The zero-order valence-electron chi connectivity index (χ0n) is 8.23. The number of hydrogen-bond acceptors (Lipinski definition) is 2. The lowest BCUT2D eigenvalue weighted by Crippen LogP contribution is -1.98. The van der Waals surface area contributed by atoms with E-state index in [1.807, 2.05) is 25.1 Å². The molecule has 1 N–H and O–H groups in total. The molecule has 0 bridgehead atoms. The Balaban J connectivity index is 2.72. The molecule has 0 aliphatic carbocycles. The zero-order chi connectivity index (χ0) is 10.4. The minimum absolute atomic E-state index is 0.654. The van der Waals surface area contributed by atoms with Crippen LogP contribution in [-0.2, 0) is 0 Å². The summed E-state index contributed by atoms with van der Waals surface area (Å²) in [5.41, 5.74) is 1.01. The van der Waals surface area contributed by atoms with E-state index in [2.05, 4.69) is 33.1 Å². The van der Waals surface area contributed by atoms with Gasteiger partial charge in [0.05, 0.1) is 18.1 Å². The van der Waals surface area contributed by atoms with E-state index in [0.29, 0.717) is 6.54 Å². The van der Waals surface area contributed by atoms with E-state index in [0.717, 1.165) is 15.9 Å². The third-order valence-corrected chi connectivity index (χ3v) is 2.36. The number of benzene rings is 1. The third-order valence-electron chi connectivity index (χ3n) is 1.71. The van der Waals surface area contributed by atoms with Gasteiger partial charge >= 0.3 is 0 Å². The fourth-order valence-corrected chi connectivity index (χ4v) is 1.41. The summed E-state index contributed by atoms with van der Waals surface area (Å²) in [5.74, 6) is 6.58. The van der Waals surface area contributed by atoms with Crippen molar-refractivity contribution in [3.05, 3.63) is 22.7 Å². The van der Waals surface area contributed by atoms with Gasteiger partial charge in [-0.05, 0) is 35.0 Å². The van der Waals surface area contributed by atoms with Gasteiger partial charge in [-0.2, -0.15) is 0 Å². The third kappa shape index (κ3) is 2.97. The average molecular weight is 254 g/mol. The molecule has 0 aliphatic rings. The topological polar surface area (TPSA) is 21.3 Å². The molecule has 74 valence electrons. The summed E-state index contributed by atoms with van der Waals surface area (Å²) >= 11 is 3.39. The first kappa shape index (κ1) is 10.9. The maximum atomic E-state index is 5.17. The molecule has 2 nitrogen and oxygen atoms in total. The molecule has 0 amide bonds.